The van der Waals surface area contributed by atoms with Crippen molar-refractivity contribution >= 4 is 0 Å². The number of hydrazine groups is 1. The van der Waals surface area contributed by atoms with Gasteiger partial charge in [0.15, 0.2) is 0 Å². The number of nitrogens with one attached hydrogen (secondary N) is 1. The first-order valence-corrected chi connectivity index (χ1v) is 6.53. The number of aromatic nitrogens is 1. The fraction of sp³-hybridized carbons (Fsp3) is 0.267. The lowest BCUT2D eigenvalue weighted by atomic mass is 9.95. The third-order valence-corrected chi connectivity index (χ3v) is 3.31. The molecule has 0 bridgehead atoms. The van der Waals surface area contributed by atoms with Gasteiger partial charge >= 0.3 is 6.18 Å². The van der Waals surface area contributed by atoms with Crippen LogP contribution < -0.4 is 11.3 Å². The summed E-state index contributed by atoms with van der Waals surface area (Å²) in [5.74, 6) is 5.45. The fourth-order valence-corrected chi connectivity index (χ4v) is 2.25. The molecule has 1 heterocycles. The summed E-state index contributed by atoms with van der Waals surface area (Å²) in [4.78, 5) is 3.91. The molecule has 0 radical (unpaired) electrons. The Morgan fingerprint density at radius 2 is 1.76 bits per heavy atom. The third kappa shape index (κ3) is 4.03. The Kier molecular flexibility index (Phi) is 4.93. The third-order valence-electron chi connectivity index (χ3n) is 3.31. The summed E-state index contributed by atoms with van der Waals surface area (Å²) in [6.45, 7) is 0. The van der Waals surface area contributed by atoms with Gasteiger partial charge in [-0.05, 0) is 42.2 Å². The van der Waals surface area contributed by atoms with Gasteiger partial charge in [-0.2, -0.15) is 13.2 Å². The van der Waals surface area contributed by atoms with E-state index in [9.17, 15) is 13.2 Å². The predicted octanol–water partition coefficient (Wildman–Crippen LogP) is 3.24. The van der Waals surface area contributed by atoms with Crippen molar-refractivity contribution < 1.29 is 13.2 Å². The van der Waals surface area contributed by atoms with E-state index >= 15 is 0 Å². The first kappa shape index (κ1) is 15.5. The van der Waals surface area contributed by atoms with Gasteiger partial charge < -0.3 is 0 Å². The number of nitrogens with zero attached hydrogens (tertiary/aromatic N) is 1. The second-order valence-corrected chi connectivity index (χ2v) is 4.70. The quantitative estimate of drug-likeness (QED) is 0.657. The van der Waals surface area contributed by atoms with Crippen molar-refractivity contribution in [2.24, 2.45) is 5.84 Å². The summed E-state index contributed by atoms with van der Waals surface area (Å²) in [6.07, 6.45) is 0.00724. The van der Waals surface area contributed by atoms with E-state index in [-0.39, 0.29) is 5.56 Å². The van der Waals surface area contributed by atoms with Gasteiger partial charge in [0.2, 0.25) is 0 Å². The summed E-state index contributed by atoms with van der Waals surface area (Å²) >= 11 is 0. The van der Waals surface area contributed by atoms with E-state index < -0.39 is 17.8 Å². The molecule has 0 aliphatic carbocycles. The van der Waals surface area contributed by atoms with E-state index in [0.717, 1.165) is 11.6 Å². The highest BCUT2D eigenvalue weighted by atomic mass is 19.4. The minimum atomic E-state index is -4.39. The highest BCUT2D eigenvalue weighted by Crippen LogP contribution is 2.35. The van der Waals surface area contributed by atoms with Gasteiger partial charge in [-0.3, -0.25) is 16.3 Å². The van der Waals surface area contributed by atoms with Crippen molar-refractivity contribution in [2.75, 3.05) is 0 Å². The maximum Gasteiger partial charge on any atom is 0.416 e. The molecular weight excluding hydrogens is 279 g/mol. The molecule has 1 aromatic heterocycles. The monoisotopic (exact) mass is 295 g/mol. The number of benzene rings is 1. The van der Waals surface area contributed by atoms with Gasteiger partial charge in [-0.1, -0.05) is 18.2 Å². The van der Waals surface area contributed by atoms with Crippen LogP contribution in [0.4, 0.5) is 13.2 Å². The van der Waals surface area contributed by atoms with E-state index in [2.05, 4.69) is 10.4 Å². The molecule has 0 fully saturated rings. The minimum Gasteiger partial charge on any atom is -0.271 e. The van der Waals surface area contributed by atoms with Crippen LogP contribution in [0.3, 0.4) is 0 Å². The number of alkyl halides is 3. The maximum atomic E-state index is 13.0. The van der Waals surface area contributed by atoms with Crippen LogP contribution in [-0.4, -0.2) is 4.98 Å². The Labute approximate surface area is 121 Å². The number of hydrogen-bond donors (Lipinski definition) is 2. The molecule has 0 spiro atoms. The molecule has 3 N–H and O–H groups in total. The number of nitrogens with two attached hydrogens (primary N) is 1. The Bertz CT molecular complexity index is 570. The molecule has 6 heteroatoms. The second-order valence-electron chi connectivity index (χ2n) is 4.70. The lowest BCUT2D eigenvalue weighted by Crippen LogP contribution is -2.30. The summed E-state index contributed by atoms with van der Waals surface area (Å²) in [6, 6.07) is 8.61. The molecule has 1 aromatic carbocycles. The molecule has 0 aliphatic heterocycles. The normalized spacial score (nSPS) is 13.1. The smallest absolute Gasteiger partial charge is 0.271 e. The number of pyridine rings is 1. The molecule has 21 heavy (non-hydrogen) atoms. The lowest BCUT2D eigenvalue weighted by Gasteiger charge is -2.21. The van der Waals surface area contributed by atoms with E-state index in [4.69, 9.17) is 5.84 Å². The van der Waals surface area contributed by atoms with Gasteiger partial charge in [0.05, 0.1) is 5.56 Å². The highest BCUT2D eigenvalue weighted by molar-refractivity contribution is 5.32. The molecule has 0 amide bonds. The van der Waals surface area contributed by atoms with Crippen LogP contribution in [0.25, 0.3) is 0 Å². The zero-order chi connectivity index (χ0) is 15.3. The van der Waals surface area contributed by atoms with Crippen LogP contribution in [0.5, 0.6) is 0 Å². The minimum absolute atomic E-state index is 0.168. The average Bonchev–Trinajstić information content (AvgIpc) is 2.48. The number of hydrogen-bond acceptors (Lipinski definition) is 3. The van der Waals surface area contributed by atoms with Crippen LogP contribution in [0.15, 0.2) is 48.8 Å². The van der Waals surface area contributed by atoms with Crippen LogP contribution in [-0.2, 0) is 12.6 Å². The largest absolute Gasteiger partial charge is 0.416 e. The Balaban J connectivity index is 2.18. The molecule has 0 saturated heterocycles. The first-order chi connectivity index (χ1) is 10.0. The molecule has 1 unspecified atom stereocenters. The molecule has 0 aliphatic rings. The standard InChI is InChI=1S/C15H16F3N3/c16-15(17,18)13-4-2-1-3-12(13)14(21-19)6-5-11-7-9-20-10-8-11/h1-4,7-10,14,21H,5-6,19H2. The van der Waals surface area contributed by atoms with Crippen molar-refractivity contribution in [1.82, 2.24) is 10.4 Å². The van der Waals surface area contributed by atoms with E-state index in [1.165, 1.54) is 12.1 Å². The van der Waals surface area contributed by atoms with Gasteiger partial charge in [0.25, 0.3) is 0 Å². The second kappa shape index (κ2) is 6.69. The number of rotatable bonds is 5. The van der Waals surface area contributed by atoms with Gasteiger partial charge in [0, 0.05) is 18.4 Å². The Morgan fingerprint density at radius 3 is 2.38 bits per heavy atom. The van der Waals surface area contributed by atoms with Crippen LogP contribution in [0.1, 0.15) is 29.2 Å². The van der Waals surface area contributed by atoms with E-state index in [0.29, 0.717) is 12.8 Å². The van der Waals surface area contributed by atoms with Crippen molar-refractivity contribution in [3.63, 3.8) is 0 Å². The van der Waals surface area contributed by atoms with Crippen molar-refractivity contribution in [3.05, 3.63) is 65.5 Å². The Morgan fingerprint density at radius 1 is 1.10 bits per heavy atom. The van der Waals surface area contributed by atoms with E-state index in [1.807, 2.05) is 12.1 Å². The molecule has 2 aromatic rings. The SMILES string of the molecule is NNC(CCc1ccncc1)c1ccccc1C(F)(F)F. The molecule has 2 rings (SSSR count). The molecule has 1 atom stereocenters. The Hall–Kier alpha value is -1.92. The molecule has 112 valence electrons. The summed E-state index contributed by atoms with van der Waals surface area (Å²) in [5, 5.41) is 0. The van der Waals surface area contributed by atoms with Crippen molar-refractivity contribution in [3.8, 4) is 0 Å². The van der Waals surface area contributed by atoms with Crippen LogP contribution >= 0.6 is 0 Å². The van der Waals surface area contributed by atoms with Crippen molar-refractivity contribution in [1.29, 1.82) is 0 Å². The van der Waals surface area contributed by atoms with Crippen LogP contribution in [0, 0.1) is 0 Å². The zero-order valence-electron chi connectivity index (χ0n) is 11.3. The highest BCUT2D eigenvalue weighted by Gasteiger charge is 2.34. The van der Waals surface area contributed by atoms with Crippen LogP contribution in [0.2, 0.25) is 0 Å². The van der Waals surface area contributed by atoms with Gasteiger partial charge in [-0.15, -0.1) is 0 Å². The number of halogens is 3. The number of aryl methyl sites for hydroxylation is 1. The summed E-state index contributed by atoms with van der Waals surface area (Å²) in [5.41, 5.74) is 3.01. The first-order valence-electron chi connectivity index (χ1n) is 6.53. The topological polar surface area (TPSA) is 50.9 Å². The van der Waals surface area contributed by atoms with Gasteiger partial charge in [-0.25, -0.2) is 0 Å². The molecular formula is C15H16F3N3. The van der Waals surface area contributed by atoms with Gasteiger partial charge in [0.1, 0.15) is 0 Å². The maximum absolute atomic E-state index is 13.0. The zero-order valence-corrected chi connectivity index (χ0v) is 11.3. The summed E-state index contributed by atoms with van der Waals surface area (Å²) < 4.78 is 39.1. The lowest BCUT2D eigenvalue weighted by molar-refractivity contribution is -0.138. The van der Waals surface area contributed by atoms with E-state index in [1.54, 1.807) is 18.5 Å². The van der Waals surface area contributed by atoms with Crippen molar-refractivity contribution in [2.45, 2.75) is 25.1 Å². The molecule has 3 nitrogen and oxygen atoms in total. The average molecular weight is 295 g/mol. The summed E-state index contributed by atoms with van der Waals surface area (Å²) in [7, 11) is 0. The molecule has 0 saturated carbocycles. The predicted molar refractivity (Wildman–Crippen MR) is 74.1 cm³/mol. The fourth-order valence-electron chi connectivity index (χ4n) is 2.25.